The molecule has 3 aromatic rings. The van der Waals surface area contributed by atoms with Crippen molar-refractivity contribution in [1.29, 1.82) is 0 Å². The minimum atomic E-state index is -2.16. The van der Waals surface area contributed by atoms with E-state index in [1.54, 1.807) is 60.7 Å². The van der Waals surface area contributed by atoms with Gasteiger partial charge in [0.15, 0.2) is 6.61 Å². The van der Waals surface area contributed by atoms with Gasteiger partial charge in [-0.15, -0.1) is 0 Å². The number of carbonyl (C=O) groups excluding carboxylic acids is 4. The smallest absolute Gasteiger partial charge is 0.348 e. The van der Waals surface area contributed by atoms with Gasteiger partial charge in [0.1, 0.15) is 0 Å². The zero-order valence-electron chi connectivity index (χ0n) is 19.0. The van der Waals surface area contributed by atoms with Crippen LogP contribution in [0, 0.1) is 0 Å². The van der Waals surface area contributed by atoms with Crippen LogP contribution in [0.25, 0.3) is 0 Å². The van der Waals surface area contributed by atoms with Crippen LogP contribution in [-0.4, -0.2) is 49.7 Å². The molecule has 180 valence electrons. The molecule has 0 saturated heterocycles. The molecule has 0 saturated carbocycles. The van der Waals surface area contributed by atoms with Crippen molar-refractivity contribution in [2.75, 3.05) is 26.1 Å². The van der Waals surface area contributed by atoms with Crippen LogP contribution >= 0.6 is 0 Å². The molecule has 1 amide bonds. The maximum absolute atomic E-state index is 13.0. The highest BCUT2D eigenvalue weighted by molar-refractivity contribution is 6.04. The minimum Gasteiger partial charge on any atom is -0.465 e. The van der Waals surface area contributed by atoms with Crippen molar-refractivity contribution in [3.05, 3.63) is 101 Å². The molecule has 35 heavy (non-hydrogen) atoms. The molecule has 9 heteroatoms. The fraction of sp³-hybridized carbons (Fsp3) is 0.154. The lowest BCUT2D eigenvalue weighted by Gasteiger charge is -2.27. The Balaban J connectivity index is 1.82. The molecular formula is C26H23NO8. The highest BCUT2D eigenvalue weighted by Crippen LogP contribution is 2.31. The van der Waals surface area contributed by atoms with Gasteiger partial charge in [-0.3, -0.25) is 4.79 Å². The van der Waals surface area contributed by atoms with E-state index in [4.69, 9.17) is 9.47 Å². The Bertz CT molecular complexity index is 1190. The number of esters is 3. The van der Waals surface area contributed by atoms with Gasteiger partial charge in [-0.25, -0.2) is 14.4 Å². The average Bonchev–Trinajstić information content (AvgIpc) is 2.91. The van der Waals surface area contributed by atoms with Gasteiger partial charge in [0.25, 0.3) is 5.91 Å². The number of aliphatic hydroxyl groups is 1. The quantitative estimate of drug-likeness (QED) is 0.374. The number of hydrogen-bond acceptors (Lipinski definition) is 8. The first-order valence-corrected chi connectivity index (χ1v) is 10.4. The summed E-state index contributed by atoms with van der Waals surface area (Å²) < 4.78 is 14.5. The molecule has 0 radical (unpaired) electrons. The third-order valence-electron chi connectivity index (χ3n) is 5.13. The summed E-state index contributed by atoms with van der Waals surface area (Å²) in [6.07, 6.45) is 0. The van der Waals surface area contributed by atoms with Gasteiger partial charge in [-0.1, -0.05) is 60.7 Å². The molecule has 9 nitrogen and oxygen atoms in total. The molecule has 0 aromatic heterocycles. The fourth-order valence-electron chi connectivity index (χ4n) is 3.36. The maximum atomic E-state index is 13.0. The van der Waals surface area contributed by atoms with E-state index >= 15 is 0 Å². The van der Waals surface area contributed by atoms with Gasteiger partial charge in [-0.05, 0) is 29.3 Å². The lowest BCUT2D eigenvalue weighted by atomic mass is 9.86. The van der Waals surface area contributed by atoms with Crippen LogP contribution in [-0.2, 0) is 29.4 Å². The summed E-state index contributed by atoms with van der Waals surface area (Å²) in [4.78, 5) is 49.5. The van der Waals surface area contributed by atoms with Crippen molar-refractivity contribution in [3.63, 3.8) is 0 Å². The fourth-order valence-corrected chi connectivity index (χ4v) is 3.36. The third-order valence-corrected chi connectivity index (χ3v) is 5.13. The number of hydrogen-bond donors (Lipinski definition) is 2. The van der Waals surface area contributed by atoms with Gasteiger partial charge in [-0.2, -0.15) is 0 Å². The largest absolute Gasteiger partial charge is 0.465 e. The van der Waals surface area contributed by atoms with Crippen LogP contribution < -0.4 is 5.32 Å². The molecule has 0 aliphatic heterocycles. The number of ether oxygens (including phenoxy) is 3. The molecule has 0 fully saturated rings. The maximum Gasteiger partial charge on any atom is 0.348 e. The molecule has 0 unspecified atom stereocenters. The second kappa shape index (κ2) is 11.1. The van der Waals surface area contributed by atoms with Crippen LogP contribution in [0.4, 0.5) is 5.69 Å². The average molecular weight is 477 g/mol. The first-order valence-electron chi connectivity index (χ1n) is 10.4. The Kier molecular flexibility index (Phi) is 7.96. The number of anilines is 1. The molecule has 0 aliphatic carbocycles. The van der Waals surface area contributed by atoms with Crippen LogP contribution in [0.1, 0.15) is 31.8 Å². The van der Waals surface area contributed by atoms with Gasteiger partial charge in [0.2, 0.25) is 5.60 Å². The van der Waals surface area contributed by atoms with Gasteiger partial charge in [0, 0.05) is 0 Å². The highest BCUT2D eigenvalue weighted by Gasteiger charge is 2.41. The first kappa shape index (κ1) is 25.1. The summed E-state index contributed by atoms with van der Waals surface area (Å²) in [6, 6.07) is 20.2. The normalized spacial score (nSPS) is 10.7. The lowest BCUT2D eigenvalue weighted by Crippen LogP contribution is -2.40. The lowest BCUT2D eigenvalue weighted by molar-refractivity contribution is -0.163. The summed E-state index contributed by atoms with van der Waals surface area (Å²) in [5, 5.41) is 13.8. The van der Waals surface area contributed by atoms with Crippen LogP contribution in [0.5, 0.6) is 0 Å². The molecule has 0 spiro atoms. The zero-order valence-corrected chi connectivity index (χ0v) is 19.0. The third kappa shape index (κ3) is 5.53. The van der Waals surface area contributed by atoms with Crippen molar-refractivity contribution >= 4 is 29.5 Å². The van der Waals surface area contributed by atoms with Crippen LogP contribution in [0.2, 0.25) is 0 Å². The second-order valence-electron chi connectivity index (χ2n) is 7.31. The second-order valence-corrected chi connectivity index (χ2v) is 7.31. The summed E-state index contributed by atoms with van der Waals surface area (Å²) in [6.45, 7) is -0.774. The van der Waals surface area contributed by atoms with E-state index in [0.29, 0.717) is 0 Å². The number of amides is 1. The van der Waals surface area contributed by atoms with E-state index < -0.39 is 36.0 Å². The number of nitrogens with one attached hydrogen (secondary N) is 1. The summed E-state index contributed by atoms with van der Waals surface area (Å²) in [5.74, 6) is -3.31. The topological polar surface area (TPSA) is 128 Å². The summed E-state index contributed by atoms with van der Waals surface area (Å²) in [5.41, 5.74) is -1.63. The molecule has 3 aromatic carbocycles. The number of methoxy groups -OCH3 is 2. The SMILES string of the molecule is COC(=O)c1ccc(C(=O)OC)c(NC(=O)COC(=O)C(O)(c2ccccc2)c2ccccc2)c1. The van der Waals surface area contributed by atoms with E-state index in [-0.39, 0.29) is 27.9 Å². The van der Waals surface area contributed by atoms with Crippen LogP contribution in [0.3, 0.4) is 0 Å². The number of benzene rings is 3. The van der Waals surface area contributed by atoms with Gasteiger partial charge >= 0.3 is 17.9 Å². The number of carbonyl (C=O) groups is 4. The van der Waals surface area contributed by atoms with E-state index in [1.807, 2.05) is 0 Å². The van der Waals surface area contributed by atoms with Crippen molar-refractivity contribution in [2.24, 2.45) is 0 Å². The summed E-state index contributed by atoms with van der Waals surface area (Å²) in [7, 11) is 2.35. The van der Waals surface area contributed by atoms with E-state index in [9.17, 15) is 24.3 Å². The van der Waals surface area contributed by atoms with Crippen molar-refractivity contribution in [2.45, 2.75) is 5.60 Å². The predicted octanol–water partition coefficient (Wildman–Crippen LogP) is 2.68. The van der Waals surface area contributed by atoms with Crippen molar-refractivity contribution in [1.82, 2.24) is 0 Å². The zero-order chi connectivity index (χ0) is 25.4. The molecule has 2 N–H and O–H groups in total. The molecule has 0 aliphatic rings. The predicted molar refractivity (Wildman–Crippen MR) is 125 cm³/mol. The Morgan fingerprint density at radius 3 is 1.86 bits per heavy atom. The molecule has 3 rings (SSSR count). The Labute approximate surface area is 201 Å². The monoisotopic (exact) mass is 477 g/mol. The first-order chi connectivity index (χ1) is 16.8. The van der Waals surface area contributed by atoms with Crippen molar-refractivity contribution in [3.8, 4) is 0 Å². The molecular weight excluding hydrogens is 454 g/mol. The molecule has 0 atom stereocenters. The Morgan fingerprint density at radius 1 is 0.800 bits per heavy atom. The minimum absolute atomic E-state index is 0.0232. The number of rotatable bonds is 8. The van der Waals surface area contributed by atoms with E-state index in [1.165, 1.54) is 25.3 Å². The highest BCUT2D eigenvalue weighted by atomic mass is 16.6. The molecule has 0 bridgehead atoms. The van der Waals surface area contributed by atoms with E-state index in [0.717, 1.165) is 7.11 Å². The molecule has 0 heterocycles. The summed E-state index contributed by atoms with van der Waals surface area (Å²) >= 11 is 0. The van der Waals surface area contributed by atoms with E-state index in [2.05, 4.69) is 10.1 Å². The van der Waals surface area contributed by atoms with Crippen molar-refractivity contribution < 1.29 is 38.5 Å². The Morgan fingerprint density at radius 2 is 1.34 bits per heavy atom. The van der Waals surface area contributed by atoms with Crippen LogP contribution in [0.15, 0.2) is 78.9 Å². The van der Waals surface area contributed by atoms with Gasteiger partial charge < -0.3 is 24.6 Å². The Hall–Kier alpha value is -4.50. The standard InChI is InChI=1S/C26H23NO8/c1-33-23(29)17-13-14-20(24(30)34-2)21(15-17)27-22(28)16-35-25(31)26(32,18-9-5-3-6-10-18)19-11-7-4-8-12-19/h3-15,32H,16H2,1-2H3,(H,27,28). The van der Waals surface area contributed by atoms with Gasteiger partial charge in [0.05, 0.1) is 31.0 Å².